The van der Waals surface area contributed by atoms with E-state index in [2.05, 4.69) is 21.0 Å². The molecule has 0 aliphatic carbocycles. The number of carbonyl (C=O) groups is 2. The van der Waals surface area contributed by atoms with Gasteiger partial charge in [0.15, 0.2) is 0 Å². The number of aromatic nitrogens is 2. The zero-order chi connectivity index (χ0) is 16.2. The number of nitrogens with one attached hydrogen (secondary N) is 3. The lowest BCUT2D eigenvalue weighted by Gasteiger charge is -2.08. The van der Waals surface area contributed by atoms with Crippen LogP contribution in [0.2, 0.25) is 0 Å². The van der Waals surface area contributed by atoms with Crippen LogP contribution in [0.15, 0.2) is 36.5 Å². The van der Waals surface area contributed by atoms with Gasteiger partial charge in [0.2, 0.25) is 5.91 Å². The molecule has 1 aromatic carbocycles. The summed E-state index contributed by atoms with van der Waals surface area (Å²) in [5.74, 6) is 0.544. The van der Waals surface area contributed by atoms with E-state index in [0.29, 0.717) is 13.1 Å². The third kappa shape index (κ3) is 3.42. The van der Waals surface area contributed by atoms with Crippen LogP contribution in [0.25, 0.3) is 5.69 Å². The van der Waals surface area contributed by atoms with E-state index in [4.69, 9.17) is 4.74 Å². The molecule has 3 amide bonds. The molecule has 8 nitrogen and oxygen atoms in total. The summed E-state index contributed by atoms with van der Waals surface area (Å²) < 4.78 is 6.84. The summed E-state index contributed by atoms with van der Waals surface area (Å²) >= 11 is 0. The molecule has 2 aromatic rings. The van der Waals surface area contributed by atoms with Crippen LogP contribution in [0, 0.1) is 0 Å². The Balaban J connectivity index is 1.58. The quantitative estimate of drug-likeness (QED) is 0.733. The minimum Gasteiger partial charge on any atom is -0.497 e. The monoisotopic (exact) mass is 315 g/mol. The summed E-state index contributed by atoms with van der Waals surface area (Å²) in [6.07, 6.45) is 1.82. The van der Waals surface area contributed by atoms with Crippen molar-refractivity contribution in [2.45, 2.75) is 12.6 Å². The number of carbonyl (C=O) groups excluding carboxylic acids is 2. The molecule has 0 radical (unpaired) electrons. The molecule has 3 N–H and O–H groups in total. The van der Waals surface area contributed by atoms with E-state index < -0.39 is 6.04 Å². The fourth-order valence-electron chi connectivity index (χ4n) is 2.25. The van der Waals surface area contributed by atoms with Crippen molar-refractivity contribution in [3.8, 4) is 11.4 Å². The van der Waals surface area contributed by atoms with Gasteiger partial charge in [-0.15, -0.1) is 0 Å². The van der Waals surface area contributed by atoms with Crippen LogP contribution >= 0.6 is 0 Å². The highest BCUT2D eigenvalue weighted by atomic mass is 16.5. The van der Waals surface area contributed by atoms with Gasteiger partial charge in [-0.25, -0.2) is 9.48 Å². The van der Waals surface area contributed by atoms with E-state index >= 15 is 0 Å². The van der Waals surface area contributed by atoms with Crippen molar-refractivity contribution >= 4 is 11.9 Å². The third-order valence-electron chi connectivity index (χ3n) is 3.51. The van der Waals surface area contributed by atoms with E-state index in [9.17, 15) is 9.59 Å². The van der Waals surface area contributed by atoms with Gasteiger partial charge in [0, 0.05) is 12.7 Å². The lowest BCUT2D eigenvalue weighted by Crippen LogP contribution is -2.42. The Hall–Kier alpha value is -3.03. The molecule has 1 aliphatic rings. The molecule has 8 heteroatoms. The summed E-state index contributed by atoms with van der Waals surface area (Å²) in [7, 11) is 1.62. The second-order valence-corrected chi connectivity index (χ2v) is 5.07. The summed E-state index contributed by atoms with van der Waals surface area (Å²) in [6, 6.07) is 8.47. The highest BCUT2D eigenvalue weighted by molar-refractivity contribution is 5.90. The molecule has 0 saturated carbocycles. The first-order chi connectivity index (χ1) is 11.2. The zero-order valence-electron chi connectivity index (χ0n) is 12.6. The standard InChI is InChI=1S/C15H17N5O3/c1-23-12-4-2-11(3-5-12)20-7-6-10(19-20)8-16-14(21)13-9-17-15(22)18-13/h2-7,13H,8-9H2,1H3,(H,16,21)(H2,17,18,22)/t13-/m0/s1. The maximum Gasteiger partial charge on any atom is 0.315 e. The van der Waals surface area contributed by atoms with E-state index in [1.165, 1.54) is 0 Å². The molecule has 1 aromatic heterocycles. The first-order valence-corrected chi connectivity index (χ1v) is 7.17. The Labute approximate surface area is 132 Å². The third-order valence-corrected chi connectivity index (χ3v) is 3.51. The Bertz CT molecular complexity index is 710. The molecule has 0 unspecified atom stereocenters. The van der Waals surface area contributed by atoms with E-state index in [0.717, 1.165) is 17.1 Å². The van der Waals surface area contributed by atoms with Gasteiger partial charge in [0.1, 0.15) is 11.8 Å². The van der Waals surface area contributed by atoms with Crippen LogP contribution in [0.3, 0.4) is 0 Å². The van der Waals surface area contributed by atoms with E-state index in [-0.39, 0.29) is 11.9 Å². The minimum absolute atomic E-state index is 0.234. The van der Waals surface area contributed by atoms with Crippen molar-refractivity contribution in [2.24, 2.45) is 0 Å². The summed E-state index contributed by atoms with van der Waals surface area (Å²) in [5, 5.41) is 12.2. The van der Waals surface area contributed by atoms with Gasteiger partial charge in [-0.3, -0.25) is 4.79 Å². The van der Waals surface area contributed by atoms with Crippen LogP contribution < -0.4 is 20.7 Å². The van der Waals surface area contributed by atoms with Crippen LogP contribution in [0.5, 0.6) is 5.75 Å². The number of urea groups is 1. The second kappa shape index (κ2) is 6.39. The SMILES string of the molecule is COc1ccc(-n2ccc(CNC(=O)[C@@H]3CNC(=O)N3)n2)cc1. The highest BCUT2D eigenvalue weighted by Crippen LogP contribution is 2.14. The van der Waals surface area contributed by atoms with Crippen LogP contribution in [-0.4, -0.2) is 41.4 Å². The number of hydrogen-bond acceptors (Lipinski definition) is 4. The largest absolute Gasteiger partial charge is 0.497 e. The number of methoxy groups -OCH3 is 1. The van der Waals surface area contributed by atoms with Crippen molar-refractivity contribution in [3.63, 3.8) is 0 Å². The average Bonchev–Trinajstić information content (AvgIpc) is 3.22. The maximum atomic E-state index is 11.9. The molecule has 0 spiro atoms. The van der Waals surface area contributed by atoms with Crippen molar-refractivity contribution in [1.82, 2.24) is 25.7 Å². The summed E-state index contributed by atoms with van der Waals surface area (Å²) in [5.41, 5.74) is 1.63. The molecular formula is C15H17N5O3. The Morgan fingerprint density at radius 3 is 2.83 bits per heavy atom. The van der Waals surface area contributed by atoms with Crippen molar-refractivity contribution in [3.05, 3.63) is 42.2 Å². The van der Waals surface area contributed by atoms with Gasteiger partial charge in [0.25, 0.3) is 0 Å². The van der Waals surface area contributed by atoms with Crippen molar-refractivity contribution in [2.75, 3.05) is 13.7 Å². The van der Waals surface area contributed by atoms with Crippen LogP contribution in [-0.2, 0) is 11.3 Å². The van der Waals surface area contributed by atoms with E-state index in [1.54, 1.807) is 11.8 Å². The fourth-order valence-corrected chi connectivity index (χ4v) is 2.25. The molecule has 0 bridgehead atoms. The normalized spacial score (nSPS) is 16.6. The minimum atomic E-state index is -0.536. The summed E-state index contributed by atoms with van der Waals surface area (Å²) in [6.45, 7) is 0.597. The highest BCUT2D eigenvalue weighted by Gasteiger charge is 2.26. The average molecular weight is 315 g/mol. The smallest absolute Gasteiger partial charge is 0.315 e. The van der Waals surface area contributed by atoms with Gasteiger partial charge in [-0.2, -0.15) is 5.10 Å². The number of rotatable bonds is 5. The second-order valence-electron chi connectivity index (χ2n) is 5.07. The Morgan fingerprint density at radius 1 is 1.39 bits per heavy atom. The zero-order valence-corrected chi connectivity index (χ0v) is 12.6. The number of nitrogens with zero attached hydrogens (tertiary/aromatic N) is 2. The van der Waals surface area contributed by atoms with Crippen molar-refractivity contribution in [1.29, 1.82) is 0 Å². The van der Waals surface area contributed by atoms with Gasteiger partial charge in [-0.1, -0.05) is 0 Å². The first kappa shape index (κ1) is 14.9. The molecule has 120 valence electrons. The number of hydrogen-bond donors (Lipinski definition) is 3. The van der Waals surface area contributed by atoms with Gasteiger partial charge >= 0.3 is 6.03 Å². The Morgan fingerprint density at radius 2 is 2.17 bits per heavy atom. The lowest BCUT2D eigenvalue weighted by atomic mass is 10.3. The molecule has 1 saturated heterocycles. The molecular weight excluding hydrogens is 298 g/mol. The first-order valence-electron chi connectivity index (χ1n) is 7.17. The Kier molecular flexibility index (Phi) is 4.13. The molecule has 2 heterocycles. The maximum absolute atomic E-state index is 11.9. The number of benzene rings is 1. The predicted octanol–water partition coefficient (Wildman–Crippen LogP) is 0.179. The van der Waals surface area contributed by atoms with Gasteiger partial charge < -0.3 is 20.7 Å². The molecule has 1 fully saturated rings. The van der Waals surface area contributed by atoms with Crippen LogP contribution in [0.4, 0.5) is 4.79 Å². The van der Waals surface area contributed by atoms with Gasteiger partial charge in [-0.05, 0) is 30.3 Å². The molecule has 1 atom stereocenters. The number of amides is 3. The van der Waals surface area contributed by atoms with E-state index in [1.807, 2.05) is 36.5 Å². The van der Waals surface area contributed by atoms with Crippen LogP contribution in [0.1, 0.15) is 5.69 Å². The van der Waals surface area contributed by atoms with Crippen molar-refractivity contribution < 1.29 is 14.3 Å². The number of ether oxygens (including phenoxy) is 1. The topological polar surface area (TPSA) is 97.3 Å². The molecule has 3 rings (SSSR count). The predicted molar refractivity (Wildman–Crippen MR) is 82.3 cm³/mol. The molecule has 1 aliphatic heterocycles. The van der Waals surface area contributed by atoms with Gasteiger partial charge in [0.05, 0.1) is 25.0 Å². The molecule has 23 heavy (non-hydrogen) atoms. The summed E-state index contributed by atoms with van der Waals surface area (Å²) in [4.78, 5) is 22.9. The fraction of sp³-hybridized carbons (Fsp3) is 0.267. The lowest BCUT2D eigenvalue weighted by molar-refractivity contribution is -0.122.